The van der Waals surface area contributed by atoms with E-state index in [9.17, 15) is 5.11 Å². The maximum Gasteiger partial charge on any atom is 0.175 e. The molecule has 12 heteroatoms. The van der Waals surface area contributed by atoms with Gasteiger partial charge < -0.3 is 20.5 Å². The molecule has 1 aromatic carbocycles. The van der Waals surface area contributed by atoms with Crippen molar-refractivity contribution in [2.45, 2.75) is 51.5 Å². The first-order chi connectivity index (χ1) is 18.9. The number of rotatable bonds is 12. The fourth-order valence-electron chi connectivity index (χ4n) is 4.62. The number of anilines is 3. The minimum absolute atomic E-state index is 0.265. The summed E-state index contributed by atoms with van der Waals surface area (Å²) in [6.07, 6.45) is 6.80. The number of β-amino-alcohol motifs (C(OH)–C–C–N with tert-alkyl or cyclic N) is 1. The summed E-state index contributed by atoms with van der Waals surface area (Å²) in [5.74, 6) is 1.70. The topological polar surface area (TPSA) is 126 Å². The fourth-order valence-corrected chi connectivity index (χ4v) is 5.38. The Hall–Kier alpha value is -3.45. The summed E-state index contributed by atoms with van der Waals surface area (Å²) in [4.78, 5) is 19.7. The quantitative estimate of drug-likeness (QED) is 0.179. The van der Waals surface area contributed by atoms with Crippen LogP contribution in [0.4, 0.5) is 17.5 Å². The summed E-state index contributed by atoms with van der Waals surface area (Å²) in [6, 6.07) is 9.59. The molecule has 0 saturated carbocycles. The minimum Gasteiger partial charge on any atom is -0.390 e. The summed E-state index contributed by atoms with van der Waals surface area (Å²) >= 11 is 0. The number of aliphatic hydroxyl groups is 1. The Bertz CT molecular complexity index is 1380. The number of nitrogens with one attached hydrogen (secondary N) is 2. The molecule has 39 heavy (non-hydrogen) atoms. The number of ether oxygens (including phenoxy) is 1. The van der Waals surface area contributed by atoms with Gasteiger partial charge in [-0.05, 0) is 23.6 Å². The van der Waals surface area contributed by atoms with Crippen LogP contribution >= 0.6 is 0 Å². The van der Waals surface area contributed by atoms with Crippen LogP contribution in [0.25, 0.3) is 11.0 Å². The SMILES string of the molecule is C[Si](C)(C)CCOCn1nc(NCC(O)CN2CCc3ccccc3C2)c2ncnc(Nc3cnccn3)c21. The second-order valence-electron chi connectivity index (χ2n) is 11.1. The van der Waals surface area contributed by atoms with Crippen LogP contribution in [0.15, 0.2) is 49.2 Å². The Morgan fingerprint density at radius 3 is 2.72 bits per heavy atom. The number of fused-ring (bicyclic) bond motifs is 2. The van der Waals surface area contributed by atoms with E-state index in [1.54, 1.807) is 23.3 Å². The van der Waals surface area contributed by atoms with Gasteiger partial charge in [0.15, 0.2) is 11.6 Å². The maximum absolute atomic E-state index is 10.9. The first-order valence-electron chi connectivity index (χ1n) is 13.4. The summed E-state index contributed by atoms with van der Waals surface area (Å²) < 4.78 is 7.78. The molecule has 1 atom stereocenters. The zero-order chi connectivity index (χ0) is 27.2. The molecule has 3 N–H and O–H groups in total. The van der Waals surface area contributed by atoms with Gasteiger partial charge in [-0.2, -0.15) is 5.10 Å². The van der Waals surface area contributed by atoms with Crippen molar-refractivity contribution in [3.8, 4) is 0 Å². The zero-order valence-corrected chi connectivity index (χ0v) is 23.8. The molecule has 4 aromatic rings. The summed E-state index contributed by atoms with van der Waals surface area (Å²) in [6.45, 7) is 10.6. The highest BCUT2D eigenvalue weighted by Gasteiger charge is 2.21. The Labute approximate surface area is 229 Å². The molecular weight excluding hydrogens is 510 g/mol. The third-order valence-electron chi connectivity index (χ3n) is 6.73. The molecule has 1 unspecified atom stereocenters. The average Bonchev–Trinajstić information content (AvgIpc) is 3.28. The minimum atomic E-state index is -1.22. The predicted octanol–water partition coefficient (Wildman–Crippen LogP) is 3.50. The van der Waals surface area contributed by atoms with Crippen LogP contribution in [0.3, 0.4) is 0 Å². The molecule has 206 valence electrons. The van der Waals surface area contributed by atoms with Gasteiger partial charge in [-0.1, -0.05) is 43.9 Å². The lowest BCUT2D eigenvalue weighted by Gasteiger charge is -2.30. The molecule has 5 rings (SSSR count). The number of hydrogen-bond donors (Lipinski definition) is 3. The lowest BCUT2D eigenvalue weighted by molar-refractivity contribution is 0.0818. The van der Waals surface area contributed by atoms with Gasteiger partial charge in [0.1, 0.15) is 29.9 Å². The molecular formula is C27H37N9O2Si. The summed E-state index contributed by atoms with van der Waals surface area (Å²) in [5, 5.41) is 22.2. The second kappa shape index (κ2) is 12.2. The van der Waals surface area contributed by atoms with Gasteiger partial charge in [0.2, 0.25) is 0 Å². The highest BCUT2D eigenvalue weighted by molar-refractivity contribution is 6.76. The third-order valence-corrected chi connectivity index (χ3v) is 8.43. The fraction of sp³-hybridized carbons (Fsp3) is 0.444. The van der Waals surface area contributed by atoms with Gasteiger partial charge in [0.25, 0.3) is 0 Å². The zero-order valence-electron chi connectivity index (χ0n) is 22.8. The number of benzene rings is 1. The first kappa shape index (κ1) is 27.1. The second-order valence-corrected chi connectivity index (χ2v) is 16.7. The van der Waals surface area contributed by atoms with E-state index in [0.717, 1.165) is 25.6 Å². The number of aliphatic hydroxyl groups excluding tert-OH is 1. The first-order valence-corrected chi connectivity index (χ1v) is 17.1. The number of hydrogen-bond acceptors (Lipinski definition) is 10. The highest BCUT2D eigenvalue weighted by atomic mass is 28.3. The summed E-state index contributed by atoms with van der Waals surface area (Å²) in [5.41, 5.74) is 4.07. The normalized spacial score (nSPS) is 14.8. The van der Waals surface area contributed by atoms with Crippen LogP contribution in [0.2, 0.25) is 25.7 Å². The van der Waals surface area contributed by atoms with Crippen molar-refractivity contribution in [3.63, 3.8) is 0 Å². The van der Waals surface area contributed by atoms with Gasteiger partial charge in [-0.3, -0.25) is 9.88 Å². The lowest BCUT2D eigenvalue weighted by atomic mass is 10.00. The summed E-state index contributed by atoms with van der Waals surface area (Å²) in [7, 11) is -1.22. The van der Waals surface area contributed by atoms with Gasteiger partial charge >= 0.3 is 0 Å². The smallest absolute Gasteiger partial charge is 0.175 e. The Morgan fingerprint density at radius 1 is 1.08 bits per heavy atom. The van der Waals surface area contributed by atoms with Gasteiger partial charge in [-0.15, -0.1) is 0 Å². The van der Waals surface area contributed by atoms with Crippen LogP contribution in [0.1, 0.15) is 11.1 Å². The van der Waals surface area contributed by atoms with Crippen molar-refractivity contribution >= 4 is 36.6 Å². The standard InChI is InChI=1S/C27H37N9O2Si/c1-39(2,3)13-12-38-19-36-25-24(31-18-32-27(25)33-23-15-28-9-10-29-23)26(34-36)30-14-22(37)17-35-11-8-20-6-4-5-7-21(20)16-35/h4-7,9-10,15,18,22,37H,8,11-14,16-17,19H2,1-3H3,(H,30,34)(H,29,31,32,33). The van der Waals surface area contributed by atoms with Crippen LogP contribution in [0, 0.1) is 0 Å². The monoisotopic (exact) mass is 547 g/mol. The predicted molar refractivity (Wildman–Crippen MR) is 155 cm³/mol. The van der Waals surface area contributed by atoms with E-state index in [-0.39, 0.29) is 6.73 Å². The van der Waals surface area contributed by atoms with E-state index in [2.05, 4.69) is 79.4 Å². The van der Waals surface area contributed by atoms with Crippen molar-refractivity contribution in [1.82, 2.24) is 34.6 Å². The van der Waals surface area contributed by atoms with Crippen molar-refractivity contribution in [2.24, 2.45) is 0 Å². The molecule has 0 aliphatic carbocycles. The molecule has 4 heterocycles. The van der Waals surface area contributed by atoms with E-state index in [1.807, 2.05) is 0 Å². The van der Waals surface area contributed by atoms with Crippen molar-refractivity contribution in [1.29, 1.82) is 0 Å². The molecule has 1 aliphatic rings. The Balaban J connectivity index is 1.30. The van der Waals surface area contributed by atoms with Crippen molar-refractivity contribution < 1.29 is 9.84 Å². The van der Waals surface area contributed by atoms with Gasteiger partial charge in [0, 0.05) is 53.3 Å². The number of aromatic nitrogens is 6. The van der Waals surface area contributed by atoms with Crippen LogP contribution < -0.4 is 10.6 Å². The molecule has 0 saturated heterocycles. The van der Waals surface area contributed by atoms with Crippen molar-refractivity contribution in [3.05, 3.63) is 60.3 Å². The van der Waals surface area contributed by atoms with Gasteiger partial charge in [-0.25, -0.2) is 19.6 Å². The highest BCUT2D eigenvalue weighted by Crippen LogP contribution is 2.28. The Morgan fingerprint density at radius 2 is 1.92 bits per heavy atom. The van der Waals surface area contributed by atoms with E-state index < -0.39 is 14.2 Å². The molecule has 0 bridgehead atoms. The van der Waals surface area contributed by atoms with Crippen LogP contribution in [-0.2, 0) is 24.4 Å². The third kappa shape index (κ3) is 7.15. The Kier molecular flexibility index (Phi) is 8.46. The average molecular weight is 548 g/mol. The largest absolute Gasteiger partial charge is 0.390 e. The number of nitrogens with zero attached hydrogens (tertiary/aromatic N) is 7. The molecule has 0 radical (unpaired) electrons. The maximum atomic E-state index is 10.9. The molecule has 0 amide bonds. The van der Waals surface area contributed by atoms with Crippen LogP contribution in [0.5, 0.6) is 0 Å². The molecule has 0 spiro atoms. The van der Waals surface area contributed by atoms with E-state index in [4.69, 9.17) is 9.84 Å². The molecule has 1 aliphatic heterocycles. The van der Waals surface area contributed by atoms with Gasteiger partial charge in [0.05, 0.1) is 12.3 Å². The molecule has 11 nitrogen and oxygen atoms in total. The van der Waals surface area contributed by atoms with E-state index in [1.165, 1.54) is 17.5 Å². The lowest BCUT2D eigenvalue weighted by Crippen LogP contribution is -2.39. The molecule has 3 aromatic heterocycles. The van der Waals surface area contributed by atoms with Crippen LogP contribution in [-0.4, -0.2) is 80.1 Å². The van der Waals surface area contributed by atoms with E-state index in [0.29, 0.717) is 48.2 Å². The van der Waals surface area contributed by atoms with E-state index >= 15 is 0 Å². The molecule has 0 fully saturated rings. The van der Waals surface area contributed by atoms with Crippen molar-refractivity contribution in [2.75, 3.05) is 36.9 Å².